The Kier molecular flexibility index (Phi) is 3.64. The molecule has 0 bridgehead atoms. The van der Waals surface area contributed by atoms with Crippen molar-refractivity contribution in [2.24, 2.45) is 7.05 Å². The van der Waals surface area contributed by atoms with E-state index in [1.54, 1.807) is 11.8 Å². The first kappa shape index (κ1) is 11.0. The van der Waals surface area contributed by atoms with Crippen LogP contribution in [0.5, 0.6) is 0 Å². The van der Waals surface area contributed by atoms with Gasteiger partial charge in [-0.25, -0.2) is 9.67 Å². The van der Waals surface area contributed by atoms with E-state index in [4.69, 9.17) is 0 Å². The third-order valence-electron chi connectivity index (χ3n) is 2.65. The van der Waals surface area contributed by atoms with Crippen LogP contribution in [0.25, 0.3) is 0 Å². The molecule has 1 aromatic rings. The van der Waals surface area contributed by atoms with Crippen molar-refractivity contribution in [2.75, 3.05) is 12.3 Å². The van der Waals surface area contributed by atoms with Crippen molar-refractivity contribution >= 4 is 11.8 Å². The van der Waals surface area contributed by atoms with E-state index in [0.29, 0.717) is 6.04 Å². The van der Waals surface area contributed by atoms with E-state index in [1.807, 2.05) is 18.7 Å². The standard InChI is InChI=1S/C10H18N4S/c1-8-12-10(14(2)13-8)15-7-9-5-3-4-6-11-9/h9,11H,3-7H2,1-2H3. The minimum Gasteiger partial charge on any atom is -0.313 e. The van der Waals surface area contributed by atoms with Crippen LogP contribution in [-0.4, -0.2) is 33.1 Å². The first-order chi connectivity index (χ1) is 7.25. The van der Waals surface area contributed by atoms with Crippen molar-refractivity contribution in [1.82, 2.24) is 20.1 Å². The molecule has 0 spiro atoms. The highest BCUT2D eigenvalue weighted by Crippen LogP contribution is 2.19. The summed E-state index contributed by atoms with van der Waals surface area (Å²) in [7, 11) is 1.95. The Bertz CT molecular complexity index is 317. The van der Waals surface area contributed by atoms with Gasteiger partial charge < -0.3 is 5.32 Å². The summed E-state index contributed by atoms with van der Waals surface area (Å²) in [6, 6.07) is 0.653. The van der Waals surface area contributed by atoms with Crippen molar-refractivity contribution in [3.63, 3.8) is 0 Å². The molecule has 0 aliphatic carbocycles. The summed E-state index contributed by atoms with van der Waals surface area (Å²) in [5, 5.41) is 8.80. The summed E-state index contributed by atoms with van der Waals surface area (Å²) >= 11 is 1.80. The molecule has 84 valence electrons. The van der Waals surface area contributed by atoms with Gasteiger partial charge in [0, 0.05) is 18.8 Å². The first-order valence-electron chi connectivity index (χ1n) is 5.49. The van der Waals surface area contributed by atoms with Crippen LogP contribution < -0.4 is 5.32 Å². The molecule has 0 radical (unpaired) electrons. The number of thioether (sulfide) groups is 1. The zero-order valence-electron chi connectivity index (χ0n) is 9.36. The molecular weight excluding hydrogens is 208 g/mol. The molecule has 1 aromatic heterocycles. The van der Waals surface area contributed by atoms with Gasteiger partial charge in [0.1, 0.15) is 5.82 Å². The maximum Gasteiger partial charge on any atom is 0.186 e. The highest BCUT2D eigenvalue weighted by atomic mass is 32.2. The van der Waals surface area contributed by atoms with Gasteiger partial charge in [-0.1, -0.05) is 18.2 Å². The number of nitrogens with zero attached hydrogens (tertiary/aromatic N) is 3. The lowest BCUT2D eigenvalue weighted by molar-refractivity contribution is 0.429. The van der Waals surface area contributed by atoms with E-state index in [1.165, 1.54) is 25.8 Å². The van der Waals surface area contributed by atoms with Crippen LogP contribution in [-0.2, 0) is 7.05 Å². The predicted octanol–water partition coefficient (Wildman–Crippen LogP) is 1.36. The van der Waals surface area contributed by atoms with Gasteiger partial charge in [-0.15, -0.1) is 0 Å². The minimum absolute atomic E-state index is 0.653. The number of hydrogen-bond acceptors (Lipinski definition) is 4. The highest BCUT2D eigenvalue weighted by molar-refractivity contribution is 7.99. The van der Waals surface area contributed by atoms with Gasteiger partial charge in [0.2, 0.25) is 0 Å². The monoisotopic (exact) mass is 226 g/mol. The van der Waals surface area contributed by atoms with E-state index >= 15 is 0 Å². The molecular formula is C10H18N4S. The Morgan fingerprint density at radius 1 is 1.53 bits per heavy atom. The quantitative estimate of drug-likeness (QED) is 0.790. The lowest BCUT2D eigenvalue weighted by Gasteiger charge is -2.22. The van der Waals surface area contributed by atoms with E-state index in [-0.39, 0.29) is 0 Å². The van der Waals surface area contributed by atoms with Crippen molar-refractivity contribution in [3.05, 3.63) is 5.82 Å². The normalized spacial score (nSPS) is 21.9. The van der Waals surface area contributed by atoms with Crippen molar-refractivity contribution < 1.29 is 0 Å². The van der Waals surface area contributed by atoms with Gasteiger partial charge >= 0.3 is 0 Å². The van der Waals surface area contributed by atoms with Crippen LogP contribution >= 0.6 is 11.8 Å². The summed E-state index contributed by atoms with van der Waals surface area (Å²) in [4.78, 5) is 4.38. The van der Waals surface area contributed by atoms with Gasteiger partial charge in [-0.05, 0) is 26.3 Å². The van der Waals surface area contributed by atoms with Crippen LogP contribution in [0.1, 0.15) is 25.1 Å². The van der Waals surface area contributed by atoms with Gasteiger partial charge in [-0.3, -0.25) is 0 Å². The molecule has 0 aromatic carbocycles. The molecule has 2 rings (SSSR count). The maximum absolute atomic E-state index is 4.38. The molecule has 2 heterocycles. The number of nitrogens with one attached hydrogen (secondary N) is 1. The van der Waals surface area contributed by atoms with Crippen LogP contribution in [0.3, 0.4) is 0 Å². The fourth-order valence-corrected chi connectivity index (χ4v) is 2.92. The molecule has 1 aliphatic rings. The number of aromatic nitrogens is 3. The Morgan fingerprint density at radius 3 is 3.00 bits per heavy atom. The van der Waals surface area contributed by atoms with Crippen molar-refractivity contribution in [3.8, 4) is 0 Å². The van der Waals surface area contributed by atoms with Gasteiger partial charge in [0.05, 0.1) is 0 Å². The SMILES string of the molecule is Cc1nc(SCC2CCCCN2)n(C)n1. The van der Waals surface area contributed by atoms with Crippen molar-refractivity contribution in [1.29, 1.82) is 0 Å². The Balaban J connectivity index is 1.84. The van der Waals surface area contributed by atoms with E-state index in [0.717, 1.165) is 16.7 Å². The maximum atomic E-state index is 4.38. The molecule has 1 unspecified atom stereocenters. The zero-order valence-corrected chi connectivity index (χ0v) is 10.2. The van der Waals surface area contributed by atoms with E-state index in [9.17, 15) is 0 Å². The zero-order chi connectivity index (χ0) is 10.7. The van der Waals surface area contributed by atoms with Crippen LogP contribution in [0.2, 0.25) is 0 Å². The van der Waals surface area contributed by atoms with Crippen molar-refractivity contribution in [2.45, 2.75) is 37.4 Å². The van der Waals surface area contributed by atoms with Gasteiger partial charge in [0.15, 0.2) is 5.16 Å². The van der Waals surface area contributed by atoms with E-state index in [2.05, 4.69) is 15.4 Å². The molecule has 5 heteroatoms. The Labute approximate surface area is 94.8 Å². The second-order valence-corrected chi connectivity index (χ2v) is 5.01. The second-order valence-electron chi connectivity index (χ2n) is 4.02. The van der Waals surface area contributed by atoms with Crippen LogP contribution in [0.15, 0.2) is 5.16 Å². The average molecular weight is 226 g/mol. The largest absolute Gasteiger partial charge is 0.313 e. The number of piperidine rings is 1. The molecule has 1 N–H and O–H groups in total. The molecule has 0 saturated carbocycles. The summed E-state index contributed by atoms with van der Waals surface area (Å²) in [5.74, 6) is 1.96. The molecule has 15 heavy (non-hydrogen) atoms. The van der Waals surface area contributed by atoms with E-state index < -0.39 is 0 Å². The predicted molar refractivity (Wildman–Crippen MR) is 62.1 cm³/mol. The first-order valence-corrected chi connectivity index (χ1v) is 6.48. The summed E-state index contributed by atoms with van der Waals surface area (Å²) in [5.41, 5.74) is 0. The number of hydrogen-bond donors (Lipinski definition) is 1. The molecule has 1 atom stereocenters. The van der Waals surface area contributed by atoms with Gasteiger partial charge in [-0.2, -0.15) is 5.10 Å². The summed E-state index contributed by atoms with van der Waals surface area (Å²) in [6.07, 6.45) is 3.98. The molecule has 0 amide bonds. The topological polar surface area (TPSA) is 42.7 Å². The number of aryl methyl sites for hydroxylation is 2. The minimum atomic E-state index is 0.653. The number of rotatable bonds is 3. The Morgan fingerprint density at radius 2 is 2.40 bits per heavy atom. The van der Waals surface area contributed by atoms with Crippen LogP contribution in [0, 0.1) is 6.92 Å². The summed E-state index contributed by atoms with van der Waals surface area (Å²) in [6.45, 7) is 3.10. The lowest BCUT2D eigenvalue weighted by Crippen LogP contribution is -2.35. The molecule has 1 fully saturated rings. The fraction of sp³-hybridized carbons (Fsp3) is 0.800. The van der Waals surface area contributed by atoms with Crippen LogP contribution in [0.4, 0.5) is 0 Å². The third kappa shape index (κ3) is 2.95. The molecule has 1 aliphatic heterocycles. The highest BCUT2D eigenvalue weighted by Gasteiger charge is 2.14. The lowest BCUT2D eigenvalue weighted by atomic mass is 10.1. The molecule has 1 saturated heterocycles. The Hall–Kier alpha value is -0.550. The molecule has 4 nitrogen and oxygen atoms in total. The smallest absolute Gasteiger partial charge is 0.186 e. The van der Waals surface area contributed by atoms with Gasteiger partial charge in [0.25, 0.3) is 0 Å². The summed E-state index contributed by atoms with van der Waals surface area (Å²) < 4.78 is 1.86. The second kappa shape index (κ2) is 4.99. The fourth-order valence-electron chi connectivity index (χ4n) is 1.86. The average Bonchev–Trinajstić information content (AvgIpc) is 2.56. The third-order valence-corrected chi connectivity index (χ3v) is 3.84.